The quantitative estimate of drug-likeness (QED) is 0.487. The molecule has 0 fully saturated rings. The third-order valence-electron chi connectivity index (χ3n) is 1.96. The molecule has 0 aliphatic carbocycles. The number of amidine groups is 1. The summed E-state index contributed by atoms with van der Waals surface area (Å²) < 4.78 is 0. The normalized spacial score (nSPS) is 13.4. The Morgan fingerprint density at radius 2 is 1.92 bits per heavy atom. The van der Waals surface area contributed by atoms with E-state index in [1.807, 2.05) is 0 Å². The molecule has 13 heavy (non-hydrogen) atoms. The van der Waals surface area contributed by atoms with Crippen LogP contribution in [0.5, 0.6) is 0 Å². The fraction of sp³-hybridized carbons (Fsp3) is 0.900. The lowest BCUT2D eigenvalue weighted by Crippen LogP contribution is -2.51. The molecule has 0 atom stereocenters. The van der Waals surface area contributed by atoms with E-state index < -0.39 is 0 Å². The minimum atomic E-state index is -0.162. The standard InChI is InChI=1S/C10H23N3/c1-5-7-12-9(11)10(3,4)13-8-6-2/h13H,5-8H2,1-4H3,(H2,11,12). The topological polar surface area (TPSA) is 50.4 Å². The van der Waals surface area contributed by atoms with E-state index in [4.69, 9.17) is 5.73 Å². The van der Waals surface area contributed by atoms with Gasteiger partial charge in [0.05, 0.1) is 5.54 Å². The molecule has 0 heterocycles. The van der Waals surface area contributed by atoms with Gasteiger partial charge in [-0.15, -0.1) is 0 Å². The summed E-state index contributed by atoms with van der Waals surface area (Å²) in [4.78, 5) is 4.30. The van der Waals surface area contributed by atoms with Crippen LogP contribution in [0, 0.1) is 0 Å². The van der Waals surface area contributed by atoms with Crippen LogP contribution in [0.4, 0.5) is 0 Å². The van der Waals surface area contributed by atoms with Crippen molar-refractivity contribution in [1.29, 1.82) is 0 Å². The third kappa shape index (κ3) is 4.88. The Morgan fingerprint density at radius 1 is 1.31 bits per heavy atom. The average molecular weight is 185 g/mol. The van der Waals surface area contributed by atoms with Crippen molar-refractivity contribution in [2.45, 2.75) is 46.1 Å². The molecular formula is C10H23N3. The summed E-state index contributed by atoms with van der Waals surface area (Å²) >= 11 is 0. The van der Waals surface area contributed by atoms with E-state index >= 15 is 0 Å². The summed E-state index contributed by atoms with van der Waals surface area (Å²) in [6.07, 6.45) is 2.16. The third-order valence-corrected chi connectivity index (χ3v) is 1.96. The smallest absolute Gasteiger partial charge is 0.114 e. The molecule has 0 rings (SSSR count). The van der Waals surface area contributed by atoms with Crippen LogP contribution in [-0.2, 0) is 0 Å². The molecule has 0 aromatic rings. The monoisotopic (exact) mass is 185 g/mol. The molecule has 0 saturated heterocycles. The van der Waals surface area contributed by atoms with Gasteiger partial charge < -0.3 is 11.1 Å². The predicted octanol–water partition coefficient (Wildman–Crippen LogP) is 1.53. The van der Waals surface area contributed by atoms with Crippen molar-refractivity contribution in [1.82, 2.24) is 5.32 Å². The molecular weight excluding hydrogens is 162 g/mol. The van der Waals surface area contributed by atoms with E-state index in [1.54, 1.807) is 0 Å². The lowest BCUT2D eigenvalue weighted by atomic mass is 10.0. The molecule has 3 heteroatoms. The molecule has 0 saturated carbocycles. The van der Waals surface area contributed by atoms with Crippen LogP contribution >= 0.6 is 0 Å². The van der Waals surface area contributed by atoms with Crippen LogP contribution in [0.1, 0.15) is 40.5 Å². The van der Waals surface area contributed by atoms with Gasteiger partial charge >= 0.3 is 0 Å². The Bertz CT molecular complexity index is 162. The van der Waals surface area contributed by atoms with E-state index in [0.29, 0.717) is 5.84 Å². The largest absolute Gasteiger partial charge is 0.386 e. The van der Waals surface area contributed by atoms with Crippen molar-refractivity contribution >= 4 is 5.84 Å². The second kappa shape index (κ2) is 5.97. The first-order valence-electron chi connectivity index (χ1n) is 5.10. The van der Waals surface area contributed by atoms with E-state index in [2.05, 4.69) is 38.0 Å². The first kappa shape index (κ1) is 12.4. The number of rotatable bonds is 6. The molecule has 0 bridgehead atoms. The highest BCUT2D eigenvalue weighted by Crippen LogP contribution is 2.02. The van der Waals surface area contributed by atoms with Gasteiger partial charge in [-0.3, -0.25) is 4.99 Å². The highest BCUT2D eigenvalue weighted by Gasteiger charge is 2.20. The zero-order chi connectivity index (χ0) is 10.3. The fourth-order valence-corrected chi connectivity index (χ4v) is 0.958. The molecule has 0 aliphatic rings. The summed E-state index contributed by atoms with van der Waals surface area (Å²) in [6.45, 7) is 10.2. The average Bonchev–Trinajstić information content (AvgIpc) is 2.10. The molecule has 0 amide bonds. The number of nitrogens with zero attached hydrogens (tertiary/aromatic N) is 1. The molecule has 0 unspecified atom stereocenters. The van der Waals surface area contributed by atoms with Gasteiger partial charge in [-0.2, -0.15) is 0 Å². The first-order valence-corrected chi connectivity index (χ1v) is 5.10. The number of nitrogens with one attached hydrogen (secondary N) is 1. The first-order chi connectivity index (χ1) is 6.04. The van der Waals surface area contributed by atoms with Gasteiger partial charge in [0.25, 0.3) is 0 Å². The maximum absolute atomic E-state index is 5.87. The summed E-state index contributed by atoms with van der Waals surface area (Å²) in [6, 6.07) is 0. The molecule has 3 N–H and O–H groups in total. The SMILES string of the molecule is CCCN=C(N)C(C)(C)NCCC. The van der Waals surface area contributed by atoms with Gasteiger partial charge in [0.2, 0.25) is 0 Å². The minimum Gasteiger partial charge on any atom is -0.386 e. The van der Waals surface area contributed by atoms with Crippen LogP contribution in [0.25, 0.3) is 0 Å². The molecule has 0 aromatic carbocycles. The van der Waals surface area contributed by atoms with Crippen molar-refractivity contribution in [3.8, 4) is 0 Å². The Morgan fingerprint density at radius 3 is 2.38 bits per heavy atom. The second-order valence-corrected chi connectivity index (χ2v) is 3.82. The van der Waals surface area contributed by atoms with Crippen LogP contribution in [0.15, 0.2) is 4.99 Å². The molecule has 0 aliphatic heterocycles. The van der Waals surface area contributed by atoms with Crippen LogP contribution in [-0.4, -0.2) is 24.5 Å². The zero-order valence-corrected chi connectivity index (χ0v) is 9.35. The number of aliphatic imine (C=N–C) groups is 1. The number of hydrogen-bond donors (Lipinski definition) is 2. The summed E-state index contributed by atoms with van der Waals surface area (Å²) in [5, 5.41) is 3.36. The van der Waals surface area contributed by atoms with Crippen molar-refractivity contribution in [3.63, 3.8) is 0 Å². The lowest BCUT2D eigenvalue weighted by Gasteiger charge is -2.25. The predicted molar refractivity (Wildman–Crippen MR) is 59.2 cm³/mol. The van der Waals surface area contributed by atoms with Crippen molar-refractivity contribution in [3.05, 3.63) is 0 Å². The Balaban J connectivity index is 4.08. The molecule has 0 spiro atoms. The molecule has 0 radical (unpaired) electrons. The van der Waals surface area contributed by atoms with E-state index in [-0.39, 0.29) is 5.54 Å². The highest BCUT2D eigenvalue weighted by molar-refractivity contribution is 5.89. The number of nitrogens with two attached hydrogens (primary N) is 1. The van der Waals surface area contributed by atoms with E-state index in [1.165, 1.54) is 0 Å². The lowest BCUT2D eigenvalue weighted by molar-refractivity contribution is 0.499. The Hall–Kier alpha value is -0.570. The van der Waals surface area contributed by atoms with Gasteiger partial charge in [-0.25, -0.2) is 0 Å². The van der Waals surface area contributed by atoms with Gasteiger partial charge in [-0.05, 0) is 33.2 Å². The summed E-state index contributed by atoms with van der Waals surface area (Å²) in [5.74, 6) is 0.711. The maximum atomic E-state index is 5.87. The van der Waals surface area contributed by atoms with Gasteiger partial charge in [0.1, 0.15) is 5.84 Å². The van der Waals surface area contributed by atoms with Crippen LogP contribution in [0.2, 0.25) is 0 Å². The van der Waals surface area contributed by atoms with Crippen molar-refractivity contribution in [2.24, 2.45) is 10.7 Å². The maximum Gasteiger partial charge on any atom is 0.114 e. The summed E-state index contributed by atoms with van der Waals surface area (Å²) in [7, 11) is 0. The van der Waals surface area contributed by atoms with Crippen molar-refractivity contribution < 1.29 is 0 Å². The fourth-order valence-electron chi connectivity index (χ4n) is 0.958. The van der Waals surface area contributed by atoms with E-state index in [0.717, 1.165) is 25.9 Å². The van der Waals surface area contributed by atoms with Crippen LogP contribution < -0.4 is 11.1 Å². The van der Waals surface area contributed by atoms with E-state index in [9.17, 15) is 0 Å². The molecule has 78 valence electrons. The van der Waals surface area contributed by atoms with Gasteiger partial charge in [-0.1, -0.05) is 13.8 Å². The van der Waals surface area contributed by atoms with Crippen molar-refractivity contribution in [2.75, 3.05) is 13.1 Å². The second-order valence-electron chi connectivity index (χ2n) is 3.82. The Labute approximate surface area is 81.8 Å². The molecule has 0 aromatic heterocycles. The highest BCUT2D eigenvalue weighted by atomic mass is 15.0. The zero-order valence-electron chi connectivity index (χ0n) is 9.35. The number of hydrogen-bond acceptors (Lipinski definition) is 2. The minimum absolute atomic E-state index is 0.162. The Kier molecular flexibility index (Phi) is 5.71. The molecule has 3 nitrogen and oxygen atoms in total. The summed E-state index contributed by atoms with van der Waals surface area (Å²) in [5.41, 5.74) is 5.70. The van der Waals surface area contributed by atoms with Gasteiger partial charge in [0.15, 0.2) is 0 Å². The van der Waals surface area contributed by atoms with Crippen LogP contribution in [0.3, 0.4) is 0 Å². The van der Waals surface area contributed by atoms with Gasteiger partial charge in [0, 0.05) is 6.54 Å².